The van der Waals surface area contributed by atoms with Crippen LogP contribution in [0.4, 0.5) is 5.13 Å². The average molecular weight is 627 g/mol. The Hall–Kier alpha value is -3.74. The Morgan fingerprint density at radius 3 is 2.51 bits per heavy atom. The summed E-state index contributed by atoms with van der Waals surface area (Å²) in [5.74, 6) is 0.313. The van der Waals surface area contributed by atoms with Crippen LogP contribution in [-0.4, -0.2) is 41.6 Å². The third-order valence-electron chi connectivity index (χ3n) is 6.45. The number of nitrogens with one attached hydrogen (secondary N) is 2. The third-order valence-corrected chi connectivity index (χ3v) is 9.04. The van der Waals surface area contributed by atoms with Gasteiger partial charge in [-0.2, -0.15) is 0 Å². The number of aromatic nitrogens is 2. The van der Waals surface area contributed by atoms with Crippen LogP contribution in [-0.2, 0) is 39.6 Å². The van der Waals surface area contributed by atoms with Gasteiger partial charge in [-0.3, -0.25) is 4.79 Å². The molecule has 1 amide bonds. The van der Waals surface area contributed by atoms with Gasteiger partial charge in [0.25, 0.3) is 0 Å². The molecule has 0 radical (unpaired) electrons. The Labute approximate surface area is 258 Å². The van der Waals surface area contributed by atoms with Crippen molar-refractivity contribution >= 4 is 32.2 Å². The molecule has 3 aromatic rings. The second-order valence-electron chi connectivity index (χ2n) is 10.4. The van der Waals surface area contributed by atoms with Crippen molar-refractivity contribution in [3.8, 4) is 0 Å². The molecule has 1 aromatic heterocycles. The zero-order chi connectivity index (χ0) is 31.1. The van der Waals surface area contributed by atoms with Crippen molar-refractivity contribution in [1.29, 1.82) is 0 Å². The molecule has 0 aliphatic heterocycles. The molecule has 1 heterocycles. The number of anilines is 1. The quantitative estimate of drug-likeness (QED) is 0.0796. The number of aliphatic hydroxyl groups is 1. The van der Waals surface area contributed by atoms with Gasteiger partial charge in [0.2, 0.25) is 11.0 Å². The summed E-state index contributed by atoms with van der Waals surface area (Å²) in [6.07, 6.45) is 7.51. The number of carbonyl (C=O) groups is 1. The first-order valence-electron chi connectivity index (χ1n) is 14.4. The minimum Gasteiger partial charge on any atom is -0.402 e. The molecule has 1 atom stereocenters. The molecule has 0 bridgehead atoms. The van der Waals surface area contributed by atoms with Gasteiger partial charge in [0.15, 0.2) is 9.84 Å². The van der Waals surface area contributed by atoms with E-state index in [4.69, 9.17) is 11.5 Å². The van der Waals surface area contributed by atoms with E-state index in [-0.39, 0.29) is 36.1 Å². The van der Waals surface area contributed by atoms with Crippen molar-refractivity contribution in [2.75, 3.05) is 11.1 Å². The summed E-state index contributed by atoms with van der Waals surface area (Å²) in [5.41, 5.74) is 15.2. The highest BCUT2D eigenvalue weighted by Crippen LogP contribution is 2.18. The minimum atomic E-state index is -3.16. The van der Waals surface area contributed by atoms with Crippen LogP contribution >= 0.6 is 11.3 Å². The normalized spacial score (nSPS) is 13.1. The number of hydrogen-bond acceptors (Lipinski definition) is 10. The summed E-state index contributed by atoms with van der Waals surface area (Å²) in [6, 6.07) is 16.8. The van der Waals surface area contributed by atoms with E-state index in [2.05, 4.69) is 20.8 Å². The van der Waals surface area contributed by atoms with Gasteiger partial charge < -0.3 is 27.2 Å². The first-order chi connectivity index (χ1) is 20.6. The second-order valence-corrected chi connectivity index (χ2v) is 13.7. The maximum Gasteiger partial charge on any atom is 0.230 e. The Kier molecular flexibility index (Phi) is 13.7. The van der Waals surface area contributed by atoms with Gasteiger partial charge in [0, 0.05) is 18.5 Å². The van der Waals surface area contributed by atoms with E-state index in [1.165, 1.54) is 11.3 Å². The van der Waals surface area contributed by atoms with Crippen LogP contribution < -0.4 is 22.1 Å². The van der Waals surface area contributed by atoms with Crippen molar-refractivity contribution in [3.63, 3.8) is 0 Å². The highest BCUT2D eigenvalue weighted by molar-refractivity contribution is 7.90. The van der Waals surface area contributed by atoms with E-state index in [1.54, 1.807) is 30.4 Å². The monoisotopic (exact) mass is 626 g/mol. The predicted molar refractivity (Wildman–Crippen MR) is 172 cm³/mol. The van der Waals surface area contributed by atoms with Gasteiger partial charge in [-0.05, 0) is 54.5 Å². The molecule has 0 saturated heterocycles. The van der Waals surface area contributed by atoms with E-state index in [9.17, 15) is 18.3 Å². The largest absolute Gasteiger partial charge is 0.402 e. The number of rotatable bonds is 18. The van der Waals surface area contributed by atoms with Crippen LogP contribution in [0.15, 0.2) is 78.3 Å². The number of nitrogens with two attached hydrogens (primary N) is 2. The van der Waals surface area contributed by atoms with Crippen LogP contribution in [0.5, 0.6) is 0 Å². The zero-order valence-electron chi connectivity index (χ0n) is 24.5. The molecular weight excluding hydrogens is 585 g/mol. The van der Waals surface area contributed by atoms with E-state index >= 15 is 0 Å². The van der Waals surface area contributed by atoms with Crippen molar-refractivity contribution in [2.45, 2.75) is 70.3 Å². The minimum absolute atomic E-state index is 0.00829. The van der Waals surface area contributed by atoms with Crippen molar-refractivity contribution in [2.24, 2.45) is 11.5 Å². The molecule has 3 rings (SSSR count). The van der Waals surface area contributed by atoms with Crippen molar-refractivity contribution in [1.82, 2.24) is 15.5 Å². The number of aryl methyl sites for hydroxylation is 1. The molecule has 0 aliphatic rings. The van der Waals surface area contributed by atoms with Gasteiger partial charge in [-0.15, -0.1) is 10.2 Å². The van der Waals surface area contributed by atoms with E-state index in [0.29, 0.717) is 29.2 Å². The molecule has 2 aromatic carbocycles. The maximum absolute atomic E-state index is 12.3. The molecule has 0 fully saturated rings. The standard InChI is InChI=1S/C31H42N6O4S2/c1-2-3-18-43(40,41)22-25-13-9-12-24(19-25)21-28(38)34-27(33)17-16-26(32)14-7-8-15-30-36-37-31(42-30)35-29(39)20-23-10-5-4-6-11-23/h4-6,9-13,16-17,19,28,34,38H,2-3,7-8,14-15,18,20-22,32-33H2,1H3,(H,35,37,39)/b26-16-,27-17+. The SMILES string of the molecule is CCCCS(=O)(=O)Cc1cccc(CC(O)N/C(N)=C/C=C(\N)CCCCc2nnc(NC(=O)Cc3ccccc3)s2)c1. The fourth-order valence-electron chi connectivity index (χ4n) is 4.29. The summed E-state index contributed by atoms with van der Waals surface area (Å²) in [4.78, 5) is 12.2. The molecule has 0 spiro atoms. The highest BCUT2D eigenvalue weighted by atomic mass is 32.2. The van der Waals surface area contributed by atoms with Gasteiger partial charge in [-0.1, -0.05) is 79.3 Å². The Balaban J connectivity index is 1.36. The maximum atomic E-state index is 12.3. The molecule has 10 nitrogen and oxygen atoms in total. The molecule has 1 unspecified atom stereocenters. The van der Waals surface area contributed by atoms with Crippen LogP contribution in [0.25, 0.3) is 0 Å². The van der Waals surface area contributed by atoms with Crippen LogP contribution in [0.2, 0.25) is 0 Å². The number of aliphatic hydroxyl groups excluding tert-OH is 1. The lowest BCUT2D eigenvalue weighted by Crippen LogP contribution is -2.33. The van der Waals surface area contributed by atoms with Gasteiger partial charge >= 0.3 is 0 Å². The molecule has 7 N–H and O–H groups in total. The third kappa shape index (κ3) is 13.4. The van der Waals surface area contributed by atoms with Crippen LogP contribution in [0, 0.1) is 0 Å². The summed E-state index contributed by atoms with van der Waals surface area (Å²) in [5, 5.41) is 25.6. The lowest BCUT2D eigenvalue weighted by Gasteiger charge is -2.15. The number of amides is 1. The number of unbranched alkanes of at least 4 members (excludes halogenated alkanes) is 2. The predicted octanol–water partition coefficient (Wildman–Crippen LogP) is 3.94. The Morgan fingerprint density at radius 2 is 1.74 bits per heavy atom. The Morgan fingerprint density at radius 1 is 1.00 bits per heavy atom. The number of sulfone groups is 1. The summed E-state index contributed by atoms with van der Waals surface area (Å²) >= 11 is 1.37. The average Bonchev–Trinajstić information content (AvgIpc) is 3.40. The Bertz CT molecular complexity index is 1470. The zero-order valence-corrected chi connectivity index (χ0v) is 26.2. The first-order valence-corrected chi connectivity index (χ1v) is 17.1. The van der Waals surface area contributed by atoms with Gasteiger partial charge in [-0.25, -0.2) is 8.42 Å². The van der Waals surface area contributed by atoms with Crippen LogP contribution in [0.3, 0.4) is 0 Å². The number of carbonyl (C=O) groups excluding carboxylic acids is 1. The molecule has 43 heavy (non-hydrogen) atoms. The topological polar surface area (TPSA) is 173 Å². The number of benzene rings is 2. The fourth-order valence-corrected chi connectivity index (χ4v) is 6.64. The van der Waals surface area contributed by atoms with Crippen molar-refractivity contribution in [3.05, 3.63) is 100.0 Å². The number of nitrogens with zero attached hydrogens (tertiary/aromatic N) is 2. The number of hydrogen-bond donors (Lipinski definition) is 5. The summed E-state index contributed by atoms with van der Waals surface area (Å²) in [6.45, 7) is 1.96. The van der Waals surface area contributed by atoms with E-state index in [0.717, 1.165) is 41.8 Å². The van der Waals surface area contributed by atoms with Gasteiger partial charge in [0.1, 0.15) is 11.2 Å². The molecular formula is C31H42N6O4S2. The molecule has 0 aliphatic carbocycles. The lowest BCUT2D eigenvalue weighted by atomic mass is 10.1. The summed E-state index contributed by atoms with van der Waals surface area (Å²) in [7, 11) is -3.16. The van der Waals surface area contributed by atoms with Crippen LogP contribution in [0.1, 0.15) is 60.7 Å². The molecule has 12 heteroatoms. The van der Waals surface area contributed by atoms with Gasteiger partial charge in [0.05, 0.1) is 23.7 Å². The smallest absolute Gasteiger partial charge is 0.230 e. The summed E-state index contributed by atoms with van der Waals surface area (Å²) < 4.78 is 24.5. The molecule has 0 saturated carbocycles. The molecule has 232 valence electrons. The highest BCUT2D eigenvalue weighted by Gasteiger charge is 2.13. The van der Waals surface area contributed by atoms with E-state index < -0.39 is 16.1 Å². The number of allylic oxidation sites excluding steroid dienone is 3. The van der Waals surface area contributed by atoms with E-state index in [1.807, 2.05) is 43.3 Å². The second kappa shape index (κ2) is 17.4. The first kappa shape index (κ1) is 33.8. The van der Waals surface area contributed by atoms with Crippen molar-refractivity contribution < 1.29 is 18.3 Å². The fraction of sp³-hybridized carbons (Fsp3) is 0.387. The lowest BCUT2D eigenvalue weighted by molar-refractivity contribution is -0.115.